The van der Waals surface area contributed by atoms with Gasteiger partial charge in [-0.15, -0.1) is 5.10 Å². The lowest BCUT2D eigenvalue weighted by Gasteiger charge is -2.07. The SMILES string of the molecule is COc1ccc(C=C2S/C(=N/NC(C)=O)NC2=O)cc1OC. The second kappa shape index (κ2) is 6.99. The summed E-state index contributed by atoms with van der Waals surface area (Å²) in [7, 11) is 3.10. The van der Waals surface area contributed by atoms with Crippen molar-refractivity contribution in [1.82, 2.24) is 10.7 Å². The minimum Gasteiger partial charge on any atom is -0.493 e. The van der Waals surface area contributed by atoms with E-state index < -0.39 is 0 Å². The smallest absolute Gasteiger partial charge is 0.264 e. The monoisotopic (exact) mass is 321 g/mol. The number of benzene rings is 1. The van der Waals surface area contributed by atoms with Crippen LogP contribution >= 0.6 is 11.8 Å². The number of carbonyl (C=O) groups is 2. The lowest BCUT2D eigenvalue weighted by atomic mass is 10.2. The highest BCUT2D eigenvalue weighted by Gasteiger charge is 2.24. The van der Waals surface area contributed by atoms with Crippen molar-refractivity contribution in [2.75, 3.05) is 14.2 Å². The van der Waals surface area contributed by atoms with Crippen molar-refractivity contribution in [2.24, 2.45) is 5.10 Å². The fraction of sp³-hybridized carbons (Fsp3) is 0.214. The topological polar surface area (TPSA) is 89.0 Å². The molecule has 1 aromatic carbocycles. The van der Waals surface area contributed by atoms with Crippen LogP contribution in [0, 0.1) is 0 Å². The van der Waals surface area contributed by atoms with Crippen LogP contribution in [0.3, 0.4) is 0 Å². The number of hydrazone groups is 1. The van der Waals surface area contributed by atoms with Crippen molar-refractivity contribution >= 4 is 34.8 Å². The highest BCUT2D eigenvalue weighted by atomic mass is 32.2. The molecular weight excluding hydrogens is 306 g/mol. The van der Waals surface area contributed by atoms with E-state index in [0.29, 0.717) is 21.6 Å². The Hall–Kier alpha value is -2.48. The number of amides is 2. The van der Waals surface area contributed by atoms with E-state index in [4.69, 9.17) is 9.47 Å². The maximum Gasteiger partial charge on any atom is 0.264 e. The largest absolute Gasteiger partial charge is 0.493 e. The van der Waals surface area contributed by atoms with Gasteiger partial charge in [0.15, 0.2) is 16.7 Å². The Kier molecular flexibility index (Phi) is 5.05. The summed E-state index contributed by atoms with van der Waals surface area (Å²) in [6.45, 7) is 1.34. The Morgan fingerprint density at radius 2 is 2.05 bits per heavy atom. The summed E-state index contributed by atoms with van der Waals surface area (Å²) in [5.41, 5.74) is 3.06. The van der Waals surface area contributed by atoms with Crippen molar-refractivity contribution in [2.45, 2.75) is 6.92 Å². The van der Waals surface area contributed by atoms with Gasteiger partial charge in [0, 0.05) is 6.92 Å². The molecule has 2 rings (SSSR count). The molecule has 116 valence electrons. The number of thioether (sulfide) groups is 1. The van der Waals surface area contributed by atoms with Crippen LogP contribution in [0.2, 0.25) is 0 Å². The van der Waals surface area contributed by atoms with E-state index in [1.165, 1.54) is 6.92 Å². The molecule has 1 heterocycles. The van der Waals surface area contributed by atoms with E-state index in [2.05, 4.69) is 15.8 Å². The zero-order valence-electron chi connectivity index (χ0n) is 12.3. The zero-order valence-corrected chi connectivity index (χ0v) is 13.1. The van der Waals surface area contributed by atoms with Crippen molar-refractivity contribution in [3.63, 3.8) is 0 Å². The minimum absolute atomic E-state index is 0.274. The summed E-state index contributed by atoms with van der Waals surface area (Å²) in [6.07, 6.45) is 1.71. The molecule has 1 aliphatic heterocycles. The van der Waals surface area contributed by atoms with E-state index in [1.54, 1.807) is 32.4 Å². The molecule has 1 aromatic rings. The molecule has 1 fully saturated rings. The Morgan fingerprint density at radius 3 is 2.68 bits per heavy atom. The molecule has 2 N–H and O–H groups in total. The predicted molar refractivity (Wildman–Crippen MR) is 84.5 cm³/mol. The second-order valence-corrected chi connectivity index (χ2v) is 5.29. The Balaban J connectivity index is 2.21. The number of carbonyl (C=O) groups excluding carboxylic acids is 2. The number of rotatable bonds is 4. The molecule has 0 aromatic heterocycles. The third kappa shape index (κ3) is 3.79. The average molecular weight is 321 g/mol. The quantitative estimate of drug-likeness (QED) is 0.645. The van der Waals surface area contributed by atoms with Crippen molar-refractivity contribution in [3.05, 3.63) is 28.7 Å². The van der Waals surface area contributed by atoms with Crippen LogP contribution in [0.1, 0.15) is 12.5 Å². The third-order valence-electron chi connectivity index (χ3n) is 2.67. The first kappa shape index (κ1) is 15.9. The van der Waals surface area contributed by atoms with Gasteiger partial charge in [0.1, 0.15) is 0 Å². The van der Waals surface area contributed by atoms with Gasteiger partial charge in [0.05, 0.1) is 19.1 Å². The van der Waals surface area contributed by atoms with E-state index in [-0.39, 0.29) is 11.8 Å². The molecule has 22 heavy (non-hydrogen) atoms. The first-order valence-electron chi connectivity index (χ1n) is 6.30. The molecule has 2 amide bonds. The van der Waals surface area contributed by atoms with E-state index in [9.17, 15) is 9.59 Å². The molecular formula is C14H15N3O4S. The molecule has 0 atom stereocenters. The highest BCUT2D eigenvalue weighted by Crippen LogP contribution is 2.31. The lowest BCUT2D eigenvalue weighted by molar-refractivity contribution is -0.119. The molecule has 0 unspecified atom stereocenters. The van der Waals surface area contributed by atoms with Gasteiger partial charge in [0.2, 0.25) is 5.91 Å². The molecule has 0 aliphatic carbocycles. The number of hydrogen-bond acceptors (Lipinski definition) is 6. The van der Waals surface area contributed by atoms with Crippen LogP contribution in [0.25, 0.3) is 6.08 Å². The molecule has 8 heteroatoms. The normalized spacial score (nSPS) is 17.5. The summed E-state index contributed by atoms with van der Waals surface area (Å²) in [5, 5.41) is 6.68. The van der Waals surface area contributed by atoms with Gasteiger partial charge in [0.25, 0.3) is 5.91 Å². The number of methoxy groups -OCH3 is 2. The van der Waals surface area contributed by atoms with E-state index in [0.717, 1.165) is 17.3 Å². The van der Waals surface area contributed by atoms with Gasteiger partial charge in [-0.3, -0.25) is 14.9 Å². The number of amidine groups is 1. The molecule has 1 saturated heterocycles. The van der Waals surface area contributed by atoms with E-state index >= 15 is 0 Å². The van der Waals surface area contributed by atoms with E-state index in [1.807, 2.05) is 6.07 Å². The summed E-state index contributed by atoms with van der Waals surface area (Å²) in [6, 6.07) is 5.34. The van der Waals surface area contributed by atoms with Crippen LogP contribution in [0.4, 0.5) is 0 Å². The predicted octanol–water partition coefficient (Wildman–Crippen LogP) is 1.31. The summed E-state index contributed by atoms with van der Waals surface area (Å²) in [5.74, 6) is 0.608. The number of hydrogen-bond donors (Lipinski definition) is 2. The molecule has 0 spiro atoms. The minimum atomic E-state index is -0.306. The molecule has 1 aliphatic rings. The van der Waals surface area contributed by atoms with Crippen LogP contribution < -0.4 is 20.2 Å². The second-order valence-electron chi connectivity index (χ2n) is 4.26. The Morgan fingerprint density at radius 1 is 1.32 bits per heavy atom. The maximum absolute atomic E-state index is 11.9. The van der Waals surface area contributed by atoms with Gasteiger partial charge < -0.3 is 9.47 Å². The number of ether oxygens (including phenoxy) is 2. The van der Waals surface area contributed by atoms with Crippen LogP contribution in [-0.2, 0) is 9.59 Å². The molecule has 0 bridgehead atoms. The van der Waals surface area contributed by atoms with Gasteiger partial charge >= 0.3 is 0 Å². The fourth-order valence-electron chi connectivity index (χ4n) is 1.70. The standard InChI is InChI=1S/C14H15N3O4S/c1-8(18)16-17-14-15-13(19)12(22-14)7-9-4-5-10(20-2)11(6-9)21-3/h4-7H,1-3H3,(H,16,18)(H,15,17,19). The van der Waals surface area contributed by atoms with Gasteiger partial charge in [-0.2, -0.15) is 0 Å². The summed E-state index contributed by atoms with van der Waals surface area (Å²) in [4.78, 5) is 23.1. The first-order valence-corrected chi connectivity index (χ1v) is 7.12. The molecule has 0 saturated carbocycles. The Labute approximate surface area is 131 Å². The number of nitrogens with one attached hydrogen (secondary N) is 2. The third-order valence-corrected chi connectivity index (χ3v) is 3.58. The van der Waals surface area contributed by atoms with Crippen molar-refractivity contribution < 1.29 is 19.1 Å². The highest BCUT2D eigenvalue weighted by molar-refractivity contribution is 8.18. The lowest BCUT2D eigenvalue weighted by Crippen LogP contribution is -2.23. The van der Waals surface area contributed by atoms with Gasteiger partial charge in [-0.25, -0.2) is 5.43 Å². The maximum atomic E-state index is 11.9. The molecule has 7 nitrogen and oxygen atoms in total. The first-order chi connectivity index (χ1) is 10.5. The van der Waals surface area contributed by atoms with Crippen molar-refractivity contribution in [1.29, 1.82) is 0 Å². The summed E-state index contributed by atoms with van der Waals surface area (Å²) >= 11 is 1.14. The van der Waals surface area contributed by atoms with Gasteiger partial charge in [-0.05, 0) is 35.5 Å². The average Bonchev–Trinajstić information content (AvgIpc) is 2.85. The molecule has 0 radical (unpaired) electrons. The van der Waals surface area contributed by atoms with Crippen molar-refractivity contribution in [3.8, 4) is 11.5 Å². The van der Waals surface area contributed by atoms with Gasteiger partial charge in [-0.1, -0.05) is 6.07 Å². The summed E-state index contributed by atoms with van der Waals surface area (Å²) < 4.78 is 10.4. The zero-order chi connectivity index (χ0) is 16.1. The van der Waals surface area contributed by atoms with Crippen LogP contribution in [0.15, 0.2) is 28.2 Å². The fourth-order valence-corrected chi connectivity index (χ4v) is 2.49. The van der Waals surface area contributed by atoms with Crippen LogP contribution in [-0.4, -0.2) is 31.2 Å². The van der Waals surface area contributed by atoms with Crippen LogP contribution in [0.5, 0.6) is 11.5 Å². The Bertz CT molecular complexity index is 670. The number of nitrogens with zero attached hydrogens (tertiary/aromatic N) is 1.